The minimum Gasteiger partial charge on any atom is -0.171 e. The van der Waals surface area contributed by atoms with Crippen LogP contribution in [0.25, 0.3) is 0 Å². The van der Waals surface area contributed by atoms with E-state index in [1.165, 1.54) is 0 Å². The Morgan fingerprint density at radius 3 is 1.93 bits per heavy atom. The number of rotatable bonds is 2. The molecule has 0 unspecified atom stereocenters. The standard InChI is InChI=1S/C11H19F3/c1-8(2)7-9-3-5-10(6-4-9)11(12,13)14/h8-10H,3-7H2,1-2H3/t9-,10-. The first-order valence-electron chi connectivity index (χ1n) is 5.46. The molecule has 0 N–H and O–H groups in total. The molecular formula is C11H19F3. The molecule has 0 spiro atoms. The van der Waals surface area contributed by atoms with E-state index in [0.29, 0.717) is 24.7 Å². The minimum absolute atomic E-state index is 0.348. The Morgan fingerprint density at radius 2 is 1.57 bits per heavy atom. The minimum atomic E-state index is -3.96. The van der Waals surface area contributed by atoms with E-state index in [1.807, 2.05) is 0 Å². The fraction of sp³-hybridized carbons (Fsp3) is 1.00. The van der Waals surface area contributed by atoms with Crippen molar-refractivity contribution in [3.05, 3.63) is 0 Å². The van der Waals surface area contributed by atoms with Gasteiger partial charge in [0.1, 0.15) is 0 Å². The van der Waals surface area contributed by atoms with Crippen molar-refractivity contribution in [3.63, 3.8) is 0 Å². The van der Waals surface area contributed by atoms with E-state index in [0.717, 1.165) is 19.3 Å². The van der Waals surface area contributed by atoms with E-state index in [4.69, 9.17) is 0 Å². The lowest BCUT2D eigenvalue weighted by Gasteiger charge is -2.30. The molecule has 1 aliphatic carbocycles. The lowest BCUT2D eigenvalue weighted by atomic mass is 9.78. The molecule has 0 heterocycles. The molecule has 14 heavy (non-hydrogen) atoms. The van der Waals surface area contributed by atoms with Gasteiger partial charge in [-0.25, -0.2) is 0 Å². The summed E-state index contributed by atoms with van der Waals surface area (Å²) in [5, 5.41) is 0. The quantitative estimate of drug-likeness (QED) is 0.631. The molecule has 0 atom stereocenters. The third kappa shape index (κ3) is 3.50. The molecule has 1 saturated carbocycles. The van der Waals surface area contributed by atoms with Crippen LogP contribution >= 0.6 is 0 Å². The van der Waals surface area contributed by atoms with Crippen LogP contribution in [0.2, 0.25) is 0 Å². The van der Waals surface area contributed by atoms with E-state index in [-0.39, 0.29) is 0 Å². The van der Waals surface area contributed by atoms with Crippen LogP contribution in [0.1, 0.15) is 46.0 Å². The van der Waals surface area contributed by atoms with Crippen molar-refractivity contribution in [1.29, 1.82) is 0 Å². The van der Waals surface area contributed by atoms with Crippen LogP contribution in [-0.4, -0.2) is 6.18 Å². The zero-order valence-corrected chi connectivity index (χ0v) is 8.90. The molecule has 1 rings (SSSR count). The fourth-order valence-corrected chi connectivity index (χ4v) is 2.39. The highest BCUT2D eigenvalue weighted by Gasteiger charge is 2.41. The van der Waals surface area contributed by atoms with Crippen LogP contribution in [0, 0.1) is 17.8 Å². The second kappa shape index (κ2) is 4.54. The Morgan fingerprint density at radius 1 is 1.07 bits per heavy atom. The molecule has 0 saturated heterocycles. The van der Waals surface area contributed by atoms with Gasteiger partial charge in [-0.15, -0.1) is 0 Å². The average molecular weight is 208 g/mol. The summed E-state index contributed by atoms with van der Waals surface area (Å²) < 4.78 is 37.0. The normalized spacial score (nSPS) is 29.6. The van der Waals surface area contributed by atoms with Crippen LogP contribution in [0.15, 0.2) is 0 Å². The predicted octanol–water partition coefficient (Wildman–Crippen LogP) is 4.40. The van der Waals surface area contributed by atoms with Crippen molar-refractivity contribution in [3.8, 4) is 0 Å². The van der Waals surface area contributed by atoms with Gasteiger partial charge < -0.3 is 0 Å². The van der Waals surface area contributed by atoms with E-state index in [1.54, 1.807) is 0 Å². The molecule has 0 aromatic heterocycles. The number of hydrogen-bond donors (Lipinski definition) is 0. The van der Waals surface area contributed by atoms with Crippen molar-refractivity contribution >= 4 is 0 Å². The van der Waals surface area contributed by atoms with Gasteiger partial charge in [0.05, 0.1) is 5.92 Å². The zero-order valence-electron chi connectivity index (χ0n) is 8.90. The van der Waals surface area contributed by atoms with Crippen molar-refractivity contribution < 1.29 is 13.2 Å². The number of hydrogen-bond acceptors (Lipinski definition) is 0. The third-order valence-electron chi connectivity index (χ3n) is 3.11. The van der Waals surface area contributed by atoms with Gasteiger partial charge in [0.25, 0.3) is 0 Å². The summed E-state index contributed by atoms with van der Waals surface area (Å²) in [7, 11) is 0. The smallest absolute Gasteiger partial charge is 0.171 e. The Bertz CT molecular complexity index is 164. The summed E-state index contributed by atoms with van der Waals surface area (Å²) in [4.78, 5) is 0. The summed E-state index contributed by atoms with van der Waals surface area (Å²) in [5.74, 6) is 0.127. The SMILES string of the molecule is CC(C)C[C@H]1CC[C@H](C(F)(F)F)CC1. The predicted molar refractivity (Wildman–Crippen MR) is 51.0 cm³/mol. The maximum atomic E-state index is 12.3. The van der Waals surface area contributed by atoms with Crippen molar-refractivity contribution in [2.75, 3.05) is 0 Å². The van der Waals surface area contributed by atoms with Crippen LogP contribution in [-0.2, 0) is 0 Å². The fourth-order valence-electron chi connectivity index (χ4n) is 2.39. The third-order valence-corrected chi connectivity index (χ3v) is 3.11. The van der Waals surface area contributed by atoms with E-state index in [9.17, 15) is 13.2 Å². The number of alkyl halides is 3. The molecule has 0 aliphatic heterocycles. The lowest BCUT2D eigenvalue weighted by Crippen LogP contribution is -2.28. The molecule has 3 heteroatoms. The van der Waals surface area contributed by atoms with Crippen LogP contribution < -0.4 is 0 Å². The molecular weight excluding hydrogens is 189 g/mol. The second-order valence-electron chi connectivity index (χ2n) is 4.89. The Kier molecular flexibility index (Phi) is 3.85. The van der Waals surface area contributed by atoms with Crippen LogP contribution in [0.3, 0.4) is 0 Å². The van der Waals surface area contributed by atoms with E-state index >= 15 is 0 Å². The highest BCUT2D eigenvalue weighted by Crippen LogP contribution is 2.40. The van der Waals surface area contributed by atoms with Gasteiger partial charge in [0.15, 0.2) is 0 Å². The zero-order chi connectivity index (χ0) is 10.8. The van der Waals surface area contributed by atoms with Crippen LogP contribution in [0.5, 0.6) is 0 Å². The molecule has 0 amide bonds. The highest BCUT2D eigenvalue weighted by molar-refractivity contribution is 4.77. The summed E-state index contributed by atoms with van der Waals surface area (Å²) in [6.07, 6.45) is -0.639. The van der Waals surface area contributed by atoms with Crippen molar-refractivity contribution in [2.24, 2.45) is 17.8 Å². The Balaban J connectivity index is 2.31. The van der Waals surface area contributed by atoms with Crippen molar-refractivity contribution in [1.82, 2.24) is 0 Å². The first kappa shape index (κ1) is 11.9. The highest BCUT2D eigenvalue weighted by atomic mass is 19.4. The topological polar surface area (TPSA) is 0 Å². The lowest BCUT2D eigenvalue weighted by molar-refractivity contribution is -0.184. The van der Waals surface area contributed by atoms with Gasteiger partial charge in [-0.05, 0) is 43.9 Å². The maximum absolute atomic E-state index is 12.3. The Labute approximate surface area is 83.9 Å². The number of halogens is 3. The Hall–Kier alpha value is -0.210. The molecule has 0 bridgehead atoms. The maximum Gasteiger partial charge on any atom is 0.391 e. The van der Waals surface area contributed by atoms with Gasteiger partial charge in [-0.2, -0.15) is 13.2 Å². The monoisotopic (exact) mass is 208 g/mol. The van der Waals surface area contributed by atoms with E-state index in [2.05, 4.69) is 13.8 Å². The summed E-state index contributed by atoms with van der Waals surface area (Å²) in [6, 6.07) is 0. The molecule has 1 aliphatic rings. The average Bonchev–Trinajstić information content (AvgIpc) is 2.02. The summed E-state index contributed by atoms with van der Waals surface area (Å²) in [5.41, 5.74) is 0. The molecule has 0 radical (unpaired) electrons. The van der Waals surface area contributed by atoms with Gasteiger partial charge in [0.2, 0.25) is 0 Å². The largest absolute Gasteiger partial charge is 0.391 e. The second-order valence-corrected chi connectivity index (χ2v) is 4.89. The molecule has 1 fully saturated rings. The summed E-state index contributed by atoms with van der Waals surface area (Å²) >= 11 is 0. The molecule has 0 aromatic carbocycles. The molecule has 84 valence electrons. The van der Waals surface area contributed by atoms with Crippen molar-refractivity contribution in [2.45, 2.75) is 52.1 Å². The van der Waals surface area contributed by atoms with Gasteiger partial charge >= 0.3 is 6.18 Å². The molecule has 0 aromatic rings. The summed E-state index contributed by atoms with van der Waals surface area (Å²) in [6.45, 7) is 4.27. The van der Waals surface area contributed by atoms with Gasteiger partial charge in [-0.1, -0.05) is 13.8 Å². The van der Waals surface area contributed by atoms with Gasteiger partial charge in [-0.3, -0.25) is 0 Å². The first-order valence-corrected chi connectivity index (χ1v) is 5.46. The van der Waals surface area contributed by atoms with E-state index < -0.39 is 12.1 Å². The van der Waals surface area contributed by atoms with Gasteiger partial charge in [0, 0.05) is 0 Å². The molecule has 0 nitrogen and oxygen atoms in total. The first-order chi connectivity index (χ1) is 6.39. The van der Waals surface area contributed by atoms with Crippen LogP contribution in [0.4, 0.5) is 13.2 Å².